The Morgan fingerprint density at radius 1 is 1.07 bits per heavy atom. The van der Waals surface area contributed by atoms with Crippen LogP contribution in [0.2, 0.25) is 0 Å². The Bertz CT molecular complexity index is 349. The minimum Gasteiger partial charge on any atom is -0.292 e. The summed E-state index contributed by atoms with van der Waals surface area (Å²) in [4.78, 5) is 0. The highest BCUT2D eigenvalue weighted by atomic mass is 19.1. The molecule has 0 amide bonds. The molecule has 0 bridgehead atoms. The average Bonchev–Trinajstić information content (AvgIpc) is 2.19. The molecule has 2 N–H and O–H groups in total. The summed E-state index contributed by atoms with van der Waals surface area (Å²) >= 11 is 0. The molecule has 0 fully saturated rings. The van der Waals surface area contributed by atoms with Crippen LogP contribution in [0.3, 0.4) is 0 Å². The van der Waals surface area contributed by atoms with Gasteiger partial charge in [-0.3, -0.25) is 5.73 Å². The predicted octanol–water partition coefficient (Wildman–Crippen LogP) is 2.52. The second-order valence-electron chi connectivity index (χ2n) is 3.48. The van der Waals surface area contributed by atoms with Gasteiger partial charge in [-0.1, -0.05) is 42.5 Å². The Morgan fingerprint density at radius 2 is 1.64 bits per heavy atom. The highest BCUT2D eigenvalue weighted by Crippen LogP contribution is 2.25. The molecular weight excluding hydrogens is 177 g/mol. The standard InChI is InChI=1S/C12H12FN/c13-12(14)8-6-11(7-9-12)10-4-2-1-3-5-10/h1-9,11H,14H2. The van der Waals surface area contributed by atoms with Crippen molar-refractivity contribution in [3.8, 4) is 0 Å². The number of benzene rings is 1. The quantitative estimate of drug-likeness (QED) is 0.533. The van der Waals surface area contributed by atoms with E-state index in [9.17, 15) is 4.39 Å². The van der Waals surface area contributed by atoms with E-state index in [1.807, 2.05) is 30.3 Å². The van der Waals surface area contributed by atoms with Gasteiger partial charge in [0.25, 0.3) is 0 Å². The zero-order valence-corrected chi connectivity index (χ0v) is 7.73. The van der Waals surface area contributed by atoms with Crippen LogP contribution in [0.1, 0.15) is 11.5 Å². The average molecular weight is 189 g/mol. The summed E-state index contributed by atoms with van der Waals surface area (Å²) in [5, 5.41) is 0. The number of hydrogen-bond donors (Lipinski definition) is 1. The summed E-state index contributed by atoms with van der Waals surface area (Å²) < 4.78 is 13.2. The molecule has 1 aliphatic carbocycles. The zero-order valence-electron chi connectivity index (χ0n) is 7.73. The van der Waals surface area contributed by atoms with Crippen molar-refractivity contribution in [2.45, 2.75) is 11.7 Å². The van der Waals surface area contributed by atoms with Gasteiger partial charge < -0.3 is 0 Å². The normalized spacial score (nSPS) is 30.6. The first-order chi connectivity index (χ1) is 6.67. The third-order valence-electron chi connectivity index (χ3n) is 2.30. The molecule has 2 heteroatoms. The fourth-order valence-electron chi connectivity index (χ4n) is 1.52. The maximum atomic E-state index is 13.2. The van der Waals surface area contributed by atoms with Gasteiger partial charge in [-0.2, -0.15) is 0 Å². The Morgan fingerprint density at radius 3 is 2.21 bits per heavy atom. The molecule has 0 spiro atoms. The molecule has 0 atom stereocenters. The van der Waals surface area contributed by atoms with Crippen molar-refractivity contribution in [1.29, 1.82) is 0 Å². The van der Waals surface area contributed by atoms with Crippen LogP contribution in [0.25, 0.3) is 0 Å². The van der Waals surface area contributed by atoms with Gasteiger partial charge in [0.15, 0.2) is 5.79 Å². The van der Waals surface area contributed by atoms with E-state index in [1.165, 1.54) is 12.2 Å². The second kappa shape index (κ2) is 3.39. The van der Waals surface area contributed by atoms with E-state index in [0.29, 0.717) is 0 Å². The molecule has 0 saturated carbocycles. The molecule has 1 nitrogen and oxygen atoms in total. The fraction of sp³-hybridized carbons (Fsp3) is 0.167. The molecule has 2 rings (SSSR count). The van der Waals surface area contributed by atoms with Gasteiger partial charge in [0.2, 0.25) is 0 Å². The molecule has 0 aliphatic heterocycles. The van der Waals surface area contributed by atoms with Crippen molar-refractivity contribution >= 4 is 0 Å². The SMILES string of the molecule is NC1(F)C=CC(c2ccccc2)C=C1. The Balaban J connectivity index is 2.22. The molecule has 1 aromatic rings. The van der Waals surface area contributed by atoms with Gasteiger partial charge in [0.1, 0.15) is 0 Å². The number of nitrogens with two attached hydrogens (primary N) is 1. The first kappa shape index (κ1) is 9.16. The van der Waals surface area contributed by atoms with E-state index in [-0.39, 0.29) is 5.92 Å². The molecular formula is C12H12FN. The van der Waals surface area contributed by atoms with Gasteiger partial charge in [-0.05, 0) is 17.7 Å². The van der Waals surface area contributed by atoms with Gasteiger partial charge >= 0.3 is 0 Å². The molecule has 72 valence electrons. The van der Waals surface area contributed by atoms with Gasteiger partial charge in [0.05, 0.1) is 0 Å². The zero-order chi connectivity index (χ0) is 10.0. The molecule has 0 saturated heterocycles. The summed E-state index contributed by atoms with van der Waals surface area (Å²) in [5.74, 6) is -1.63. The third kappa shape index (κ3) is 1.91. The Labute approximate surface area is 82.7 Å². The Kier molecular flexibility index (Phi) is 2.22. The van der Waals surface area contributed by atoms with Gasteiger partial charge in [0, 0.05) is 5.92 Å². The maximum absolute atomic E-state index is 13.2. The van der Waals surface area contributed by atoms with Crippen molar-refractivity contribution in [3.05, 3.63) is 60.2 Å². The van der Waals surface area contributed by atoms with Crippen LogP contribution in [0, 0.1) is 0 Å². The van der Waals surface area contributed by atoms with E-state index in [4.69, 9.17) is 5.73 Å². The highest BCUT2D eigenvalue weighted by Gasteiger charge is 2.20. The molecule has 1 aromatic carbocycles. The van der Waals surface area contributed by atoms with Gasteiger partial charge in [-0.15, -0.1) is 0 Å². The molecule has 0 heterocycles. The Hall–Kier alpha value is -1.41. The van der Waals surface area contributed by atoms with Crippen LogP contribution < -0.4 is 5.73 Å². The first-order valence-corrected chi connectivity index (χ1v) is 4.59. The van der Waals surface area contributed by atoms with E-state index in [0.717, 1.165) is 5.56 Å². The molecule has 0 radical (unpaired) electrons. The molecule has 0 unspecified atom stereocenters. The van der Waals surface area contributed by atoms with Crippen molar-refractivity contribution < 1.29 is 4.39 Å². The lowest BCUT2D eigenvalue weighted by atomic mass is 9.93. The molecule has 14 heavy (non-hydrogen) atoms. The minimum absolute atomic E-state index is 0.142. The first-order valence-electron chi connectivity index (χ1n) is 4.59. The van der Waals surface area contributed by atoms with Crippen molar-refractivity contribution in [1.82, 2.24) is 0 Å². The topological polar surface area (TPSA) is 26.0 Å². The van der Waals surface area contributed by atoms with E-state index < -0.39 is 5.79 Å². The third-order valence-corrected chi connectivity index (χ3v) is 2.30. The van der Waals surface area contributed by atoms with E-state index in [1.54, 1.807) is 12.2 Å². The van der Waals surface area contributed by atoms with Crippen LogP contribution >= 0.6 is 0 Å². The monoisotopic (exact) mass is 189 g/mol. The lowest BCUT2D eigenvalue weighted by Crippen LogP contribution is -2.30. The summed E-state index contributed by atoms with van der Waals surface area (Å²) in [6, 6.07) is 9.93. The number of halogens is 1. The lowest BCUT2D eigenvalue weighted by Gasteiger charge is -2.18. The lowest BCUT2D eigenvalue weighted by molar-refractivity contribution is 0.305. The van der Waals surface area contributed by atoms with Crippen molar-refractivity contribution in [2.24, 2.45) is 5.73 Å². The van der Waals surface area contributed by atoms with Crippen LogP contribution in [0.4, 0.5) is 4.39 Å². The van der Waals surface area contributed by atoms with Crippen LogP contribution in [-0.4, -0.2) is 5.79 Å². The van der Waals surface area contributed by atoms with Crippen LogP contribution in [-0.2, 0) is 0 Å². The summed E-state index contributed by atoms with van der Waals surface area (Å²) in [6.07, 6.45) is 6.36. The number of alkyl halides is 1. The number of allylic oxidation sites excluding steroid dienone is 2. The maximum Gasteiger partial charge on any atom is 0.196 e. The van der Waals surface area contributed by atoms with E-state index >= 15 is 0 Å². The molecule has 1 aliphatic rings. The van der Waals surface area contributed by atoms with Gasteiger partial charge in [-0.25, -0.2) is 4.39 Å². The fourth-order valence-corrected chi connectivity index (χ4v) is 1.52. The van der Waals surface area contributed by atoms with Crippen LogP contribution in [0.15, 0.2) is 54.6 Å². The summed E-state index contributed by atoms with van der Waals surface area (Å²) in [7, 11) is 0. The predicted molar refractivity (Wildman–Crippen MR) is 55.5 cm³/mol. The smallest absolute Gasteiger partial charge is 0.196 e. The van der Waals surface area contributed by atoms with Crippen molar-refractivity contribution in [3.63, 3.8) is 0 Å². The molecule has 0 aromatic heterocycles. The number of rotatable bonds is 1. The highest BCUT2D eigenvalue weighted by molar-refractivity contribution is 5.34. The summed E-state index contributed by atoms with van der Waals surface area (Å²) in [5.41, 5.74) is 6.43. The van der Waals surface area contributed by atoms with E-state index in [2.05, 4.69) is 0 Å². The minimum atomic E-state index is -1.77. The largest absolute Gasteiger partial charge is 0.292 e. The van der Waals surface area contributed by atoms with Crippen molar-refractivity contribution in [2.75, 3.05) is 0 Å². The van der Waals surface area contributed by atoms with Crippen LogP contribution in [0.5, 0.6) is 0 Å². The second-order valence-corrected chi connectivity index (χ2v) is 3.48. The summed E-state index contributed by atoms with van der Waals surface area (Å²) in [6.45, 7) is 0. The number of hydrogen-bond acceptors (Lipinski definition) is 1.